The summed E-state index contributed by atoms with van der Waals surface area (Å²) in [6.45, 7) is 6.57. The predicted octanol–water partition coefficient (Wildman–Crippen LogP) is 4.07. The molecule has 0 aromatic heterocycles. The number of anilines is 1. The molecule has 3 amide bonds. The van der Waals surface area contributed by atoms with Crippen molar-refractivity contribution < 1.29 is 29.0 Å². The molecule has 3 rings (SSSR count). The van der Waals surface area contributed by atoms with Gasteiger partial charge in [0, 0.05) is 5.69 Å². The Bertz CT molecular complexity index is 1110. The molecule has 2 aromatic rings. The molecule has 3 atom stereocenters. The molecule has 0 aliphatic carbocycles. The fourth-order valence-corrected chi connectivity index (χ4v) is 4.21. The third-order valence-electron chi connectivity index (χ3n) is 5.95. The van der Waals surface area contributed by atoms with Gasteiger partial charge in [0.1, 0.15) is 11.6 Å². The average molecular weight is 496 g/mol. The monoisotopic (exact) mass is 495 g/mol. The van der Waals surface area contributed by atoms with Gasteiger partial charge in [-0.05, 0) is 63.8 Å². The Kier molecular flexibility index (Phi) is 8.34. The molecule has 1 aliphatic rings. The molecule has 2 aromatic carbocycles. The highest BCUT2D eigenvalue weighted by atomic mass is 16.6. The van der Waals surface area contributed by atoms with E-state index >= 15 is 0 Å². The van der Waals surface area contributed by atoms with Crippen LogP contribution in [0.1, 0.15) is 63.6 Å². The number of benzene rings is 2. The van der Waals surface area contributed by atoms with Crippen molar-refractivity contribution in [1.82, 2.24) is 10.2 Å². The maximum atomic E-state index is 13.3. The summed E-state index contributed by atoms with van der Waals surface area (Å²) in [6.07, 6.45) is 1.06. The Balaban J connectivity index is 1.70. The van der Waals surface area contributed by atoms with E-state index in [1.54, 1.807) is 52.0 Å². The third-order valence-corrected chi connectivity index (χ3v) is 5.95. The molecular weight excluding hydrogens is 462 g/mol. The van der Waals surface area contributed by atoms with E-state index in [1.165, 1.54) is 4.90 Å². The van der Waals surface area contributed by atoms with Gasteiger partial charge in [-0.2, -0.15) is 0 Å². The van der Waals surface area contributed by atoms with Crippen molar-refractivity contribution in [2.24, 2.45) is 0 Å². The van der Waals surface area contributed by atoms with Gasteiger partial charge in [0.15, 0.2) is 0 Å². The van der Waals surface area contributed by atoms with Crippen LogP contribution in [0.5, 0.6) is 0 Å². The topological polar surface area (TPSA) is 125 Å². The van der Waals surface area contributed by atoms with Crippen molar-refractivity contribution >= 4 is 29.6 Å². The van der Waals surface area contributed by atoms with Gasteiger partial charge in [0.05, 0.1) is 18.5 Å². The number of hydrogen-bond acceptors (Lipinski definition) is 5. The van der Waals surface area contributed by atoms with Crippen molar-refractivity contribution in [1.29, 1.82) is 0 Å². The van der Waals surface area contributed by atoms with Gasteiger partial charge in [-0.25, -0.2) is 9.59 Å². The Labute approximate surface area is 210 Å². The Morgan fingerprint density at radius 2 is 1.75 bits per heavy atom. The summed E-state index contributed by atoms with van der Waals surface area (Å²) in [5.41, 5.74) is 1.16. The second-order valence-corrected chi connectivity index (χ2v) is 9.85. The molecule has 0 spiro atoms. The maximum absolute atomic E-state index is 13.3. The zero-order valence-electron chi connectivity index (χ0n) is 21.0. The van der Waals surface area contributed by atoms with E-state index in [1.807, 2.05) is 30.3 Å². The van der Waals surface area contributed by atoms with Crippen LogP contribution in [0.25, 0.3) is 0 Å². The highest BCUT2D eigenvalue weighted by molar-refractivity contribution is 5.93. The smallest absolute Gasteiger partial charge is 0.329 e. The minimum absolute atomic E-state index is 0.310. The summed E-state index contributed by atoms with van der Waals surface area (Å²) < 4.78 is 5.56. The number of carbonyl (C=O) groups excluding carboxylic acids is 3. The molecule has 0 saturated carbocycles. The van der Waals surface area contributed by atoms with Gasteiger partial charge < -0.3 is 25.4 Å². The van der Waals surface area contributed by atoms with Crippen molar-refractivity contribution in [3.05, 3.63) is 65.7 Å². The number of likely N-dealkylation sites (tertiary alicyclic amines) is 1. The van der Waals surface area contributed by atoms with Crippen molar-refractivity contribution in [2.45, 2.75) is 64.1 Å². The molecule has 1 unspecified atom stereocenters. The van der Waals surface area contributed by atoms with E-state index in [-0.39, 0.29) is 12.6 Å². The van der Waals surface area contributed by atoms with Crippen molar-refractivity contribution in [2.75, 3.05) is 11.9 Å². The quantitative estimate of drug-likeness (QED) is 0.497. The number of carbonyl (C=O) groups is 4. The second-order valence-electron chi connectivity index (χ2n) is 9.85. The van der Waals surface area contributed by atoms with E-state index in [0.717, 1.165) is 5.56 Å². The first-order chi connectivity index (χ1) is 17.0. The Hall–Kier alpha value is -3.88. The Morgan fingerprint density at radius 1 is 1.06 bits per heavy atom. The van der Waals surface area contributed by atoms with Crippen LogP contribution in [0, 0.1) is 0 Å². The van der Waals surface area contributed by atoms with Crippen LogP contribution in [0.4, 0.5) is 10.5 Å². The largest absolute Gasteiger partial charge is 0.481 e. The number of nitrogens with one attached hydrogen (secondary N) is 2. The van der Waals surface area contributed by atoms with Gasteiger partial charge in [-0.15, -0.1) is 0 Å². The van der Waals surface area contributed by atoms with E-state index < -0.39 is 41.4 Å². The van der Waals surface area contributed by atoms with E-state index in [9.17, 15) is 24.3 Å². The first-order valence-corrected chi connectivity index (χ1v) is 11.9. The maximum Gasteiger partial charge on any atom is 0.329 e. The lowest BCUT2D eigenvalue weighted by Gasteiger charge is -2.31. The molecule has 9 nitrogen and oxygen atoms in total. The molecule has 1 saturated heterocycles. The van der Waals surface area contributed by atoms with Crippen LogP contribution >= 0.6 is 0 Å². The summed E-state index contributed by atoms with van der Waals surface area (Å²) in [5.74, 6) is -2.57. The highest BCUT2D eigenvalue weighted by Gasteiger charge is 2.43. The lowest BCUT2D eigenvalue weighted by atomic mass is 10.0. The molecule has 1 fully saturated rings. The summed E-state index contributed by atoms with van der Waals surface area (Å²) >= 11 is 0. The molecule has 0 bridgehead atoms. The van der Waals surface area contributed by atoms with Gasteiger partial charge >= 0.3 is 18.0 Å². The minimum Gasteiger partial charge on any atom is -0.481 e. The number of rotatable bonds is 7. The number of nitrogens with zero attached hydrogens (tertiary/aromatic N) is 1. The fraction of sp³-hybridized carbons (Fsp3) is 0.407. The van der Waals surface area contributed by atoms with Gasteiger partial charge in [0.2, 0.25) is 5.91 Å². The van der Waals surface area contributed by atoms with Crippen molar-refractivity contribution in [3.8, 4) is 0 Å². The summed E-state index contributed by atoms with van der Waals surface area (Å²) in [5, 5.41) is 14.4. The zero-order chi connectivity index (χ0) is 26.5. The van der Waals surface area contributed by atoms with Crippen LogP contribution in [0.2, 0.25) is 0 Å². The number of esters is 1. The SMILES string of the molecule is CC(C(=O)O)c1cccc(NC(=O)NCC(=O)N2[C@@H](c3ccccc3)CC[C@H]2C(=O)OC(C)(C)C)c1. The predicted molar refractivity (Wildman–Crippen MR) is 134 cm³/mol. The van der Waals surface area contributed by atoms with Gasteiger partial charge in [0.25, 0.3) is 0 Å². The molecule has 36 heavy (non-hydrogen) atoms. The van der Waals surface area contributed by atoms with Crippen LogP contribution in [0.15, 0.2) is 54.6 Å². The zero-order valence-corrected chi connectivity index (χ0v) is 21.0. The fourth-order valence-electron chi connectivity index (χ4n) is 4.21. The van der Waals surface area contributed by atoms with Crippen LogP contribution in [-0.2, 0) is 19.1 Å². The van der Waals surface area contributed by atoms with E-state index in [0.29, 0.717) is 24.1 Å². The lowest BCUT2D eigenvalue weighted by molar-refractivity contribution is -0.164. The number of carboxylic acids is 1. The summed E-state index contributed by atoms with van der Waals surface area (Å²) in [7, 11) is 0. The van der Waals surface area contributed by atoms with Crippen molar-refractivity contribution in [3.63, 3.8) is 0 Å². The normalized spacial score (nSPS) is 18.3. The van der Waals surface area contributed by atoms with Crippen LogP contribution in [-0.4, -0.2) is 52.1 Å². The number of amides is 3. The number of hydrogen-bond donors (Lipinski definition) is 3. The number of carboxylic acid groups (broad SMARTS) is 1. The molecule has 3 N–H and O–H groups in total. The highest BCUT2D eigenvalue weighted by Crippen LogP contribution is 2.37. The Morgan fingerprint density at radius 3 is 2.39 bits per heavy atom. The number of ether oxygens (including phenoxy) is 1. The van der Waals surface area contributed by atoms with E-state index in [4.69, 9.17) is 4.74 Å². The number of aliphatic carboxylic acids is 1. The van der Waals surface area contributed by atoms with E-state index in [2.05, 4.69) is 10.6 Å². The minimum atomic E-state index is -0.972. The molecule has 1 heterocycles. The molecule has 1 aliphatic heterocycles. The number of urea groups is 1. The summed E-state index contributed by atoms with van der Waals surface area (Å²) in [6, 6.07) is 14.3. The molecule has 192 valence electrons. The standard InChI is InChI=1S/C27H33N3O6/c1-17(24(32)33)19-11-8-12-20(15-19)29-26(35)28-16-23(31)30-21(18-9-6-5-7-10-18)13-14-22(30)25(34)36-27(2,3)4/h5-12,15,17,21-22H,13-14,16H2,1-4H3,(H,32,33)(H2,28,29,35)/t17?,21-,22+/m1/s1. The lowest BCUT2D eigenvalue weighted by Crippen LogP contribution is -2.48. The first-order valence-electron chi connectivity index (χ1n) is 11.9. The van der Waals surface area contributed by atoms with Gasteiger partial charge in [-0.1, -0.05) is 42.5 Å². The molecular formula is C27H33N3O6. The van der Waals surface area contributed by atoms with Crippen LogP contribution in [0.3, 0.4) is 0 Å². The average Bonchev–Trinajstić information content (AvgIpc) is 3.27. The van der Waals surface area contributed by atoms with Gasteiger partial charge in [-0.3, -0.25) is 9.59 Å². The summed E-state index contributed by atoms with van der Waals surface area (Å²) in [4.78, 5) is 51.5. The second kappa shape index (κ2) is 11.2. The molecule has 0 radical (unpaired) electrons. The van der Waals surface area contributed by atoms with Crippen LogP contribution < -0.4 is 10.6 Å². The molecule has 9 heteroatoms. The third kappa shape index (κ3) is 6.84. The first kappa shape index (κ1) is 26.7.